The van der Waals surface area contributed by atoms with Crippen LogP contribution in [-0.2, 0) is 6.54 Å². The molecule has 2 aliphatic rings. The zero-order valence-corrected chi connectivity index (χ0v) is 11.8. The minimum absolute atomic E-state index is 0.397. The Labute approximate surface area is 115 Å². The standard InChI is InChI=1S/C15H23N3O/c1-10-5-15(19-2)8-12(17-10)9-18-13-3-4-14(18)7-11(16)6-13/h5,8,11,13-14H,3-4,6-7,9,16H2,1-2H3. The molecular formula is C15H23N3O. The number of aryl methyl sites for hydroxylation is 1. The second-order valence-corrected chi connectivity index (χ2v) is 5.93. The molecule has 2 atom stereocenters. The van der Waals surface area contributed by atoms with Crippen molar-refractivity contribution in [3.8, 4) is 5.75 Å². The van der Waals surface area contributed by atoms with Gasteiger partial charge in [-0.25, -0.2) is 0 Å². The summed E-state index contributed by atoms with van der Waals surface area (Å²) in [5.74, 6) is 0.906. The summed E-state index contributed by atoms with van der Waals surface area (Å²) < 4.78 is 5.33. The van der Waals surface area contributed by atoms with Crippen molar-refractivity contribution < 1.29 is 4.74 Å². The first-order valence-electron chi connectivity index (χ1n) is 7.18. The molecule has 2 bridgehead atoms. The third-order valence-corrected chi connectivity index (χ3v) is 4.48. The Kier molecular flexibility index (Phi) is 3.46. The fourth-order valence-electron chi connectivity index (χ4n) is 3.66. The van der Waals surface area contributed by atoms with Gasteiger partial charge in [-0.3, -0.25) is 9.88 Å². The van der Waals surface area contributed by atoms with Crippen LogP contribution in [0.15, 0.2) is 12.1 Å². The fraction of sp³-hybridized carbons (Fsp3) is 0.667. The van der Waals surface area contributed by atoms with Crippen molar-refractivity contribution in [2.24, 2.45) is 5.73 Å². The molecule has 3 heterocycles. The molecule has 0 radical (unpaired) electrons. The third kappa shape index (κ3) is 2.60. The number of ether oxygens (including phenoxy) is 1. The number of hydrogen-bond donors (Lipinski definition) is 1. The van der Waals surface area contributed by atoms with Gasteiger partial charge in [0, 0.05) is 42.5 Å². The van der Waals surface area contributed by atoms with E-state index in [9.17, 15) is 0 Å². The zero-order valence-electron chi connectivity index (χ0n) is 11.8. The zero-order chi connectivity index (χ0) is 13.4. The number of rotatable bonds is 3. The molecular weight excluding hydrogens is 238 g/mol. The van der Waals surface area contributed by atoms with Gasteiger partial charge >= 0.3 is 0 Å². The highest BCUT2D eigenvalue weighted by molar-refractivity contribution is 5.26. The molecule has 0 spiro atoms. The highest BCUT2D eigenvalue weighted by Crippen LogP contribution is 2.36. The monoisotopic (exact) mass is 261 g/mol. The largest absolute Gasteiger partial charge is 0.497 e. The molecule has 2 aliphatic heterocycles. The first-order chi connectivity index (χ1) is 9.15. The summed E-state index contributed by atoms with van der Waals surface area (Å²) in [6.45, 7) is 2.95. The van der Waals surface area contributed by atoms with E-state index in [4.69, 9.17) is 10.5 Å². The van der Waals surface area contributed by atoms with Crippen LogP contribution < -0.4 is 10.5 Å². The van der Waals surface area contributed by atoms with E-state index >= 15 is 0 Å². The lowest BCUT2D eigenvalue weighted by molar-refractivity contribution is 0.118. The molecule has 1 aromatic heterocycles. The molecule has 0 aromatic carbocycles. The summed E-state index contributed by atoms with van der Waals surface area (Å²) in [5.41, 5.74) is 8.26. The molecule has 2 fully saturated rings. The lowest BCUT2D eigenvalue weighted by Crippen LogP contribution is -2.46. The van der Waals surface area contributed by atoms with E-state index in [2.05, 4.69) is 16.0 Å². The van der Waals surface area contributed by atoms with Gasteiger partial charge in [-0.15, -0.1) is 0 Å². The van der Waals surface area contributed by atoms with Crippen LogP contribution in [-0.4, -0.2) is 35.1 Å². The summed E-state index contributed by atoms with van der Waals surface area (Å²) in [6, 6.07) is 5.74. The van der Waals surface area contributed by atoms with Gasteiger partial charge in [0.15, 0.2) is 0 Å². The van der Waals surface area contributed by atoms with Crippen LogP contribution >= 0.6 is 0 Å². The number of fused-ring (bicyclic) bond motifs is 2. The number of hydrogen-bond acceptors (Lipinski definition) is 4. The molecule has 19 heavy (non-hydrogen) atoms. The number of pyridine rings is 1. The summed E-state index contributed by atoms with van der Waals surface area (Å²) in [6.07, 6.45) is 4.86. The first-order valence-corrected chi connectivity index (χ1v) is 7.18. The number of nitrogens with two attached hydrogens (primary N) is 1. The summed E-state index contributed by atoms with van der Waals surface area (Å²) in [7, 11) is 1.71. The molecule has 2 saturated heterocycles. The average Bonchev–Trinajstić information content (AvgIpc) is 2.60. The molecule has 1 aromatic rings. The highest BCUT2D eigenvalue weighted by atomic mass is 16.5. The Morgan fingerprint density at radius 3 is 2.63 bits per heavy atom. The maximum absolute atomic E-state index is 6.12. The van der Waals surface area contributed by atoms with Crippen molar-refractivity contribution in [2.75, 3.05) is 7.11 Å². The van der Waals surface area contributed by atoms with E-state index in [0.717, 1.165) is 36.5 Å². The van der Waals surface area contributed by atoms with Gasteiger partial charge in [-0.1, -0.05) is 0 Å². The van der Waals surface area contributed by atoms with E-state index in [1.165, 1.54) is 12.8 Å². The Morgan fingerprint density at radius 1 is 1.32 bits per heavy atom. The predicted molar refractivity (Wildman–Crippen MR) is 75.1 cm³/mol. The minimum atomic E-state index is 0.397. The van der Waals surface area contributed by atoms with Crippen LogP contribution in [0.3, 0.4) is 0 Å². The molecule has 2 unspecified atom stereocenters. The van der Waals surface area contributed by atoms with Gasteiger partial charge in [0.2, 0.25) is 0 Å². The quantitative estimate of drug-likeness (QED) is 0.902. The van der Waals surface area contributed by atoms with Crippen LogP contribution in [0.4, 0.5) is 0 Å². The topological polar surface area (TPSA) is 51.4 Å². The molecule has 3 rings (SSSR count). The summed E-state index contributed by atoms with van der Waals surface area (Å²) in [4.78, 5) is 7.24. The molecule has 0 amide bonds. The summed E-state index contributed by atoms with van der Waals surface area (Å²) >= 11 is 0. The molecule has 104 valence electrons. The number of aromatic nitrogens is 1. The van der Waals surface area contributed by atoms with Gasteiger partial charge in [0.25, 0.3) is 0 Å². The predicted octanol–water partition coefficient (Wildman–Crippen LogP) is 1.85. The van der Waals surface area contributed by atoms with Crippen molar-refractivity contribution in [1.29, 1.82) is 0 Å². The van der Waals surface area contributed by atoms with Crippen LogP contribution in [0.5, 0.6) is 5.75 Å². The highest BCUT2D eigenvalue weighted by Gasteiger charge is 2.39. The second kappa shape index (κ2) is 5.10. The Balaban J connectivity index is 1.77. The minimum Gasteiger partial charge on any atom is -0.497 e. The van der Waals surface area contributed by atoms with Gasteiger partial charge in [-0.2, -0.15) is 0 Å². The van der Waals surface area contributed by atoms with Gasteiger partial charge < -0.3 is 10.5 Å². The normalized spacial score (nSPS) is 30.6. The van der Waals surface area contributed by atoms with E-state index < -0.39 is 0 Å². The van der Waals surface area contributed by atoms with Crippen LogP contribution in [0.25, 0.3) is 0 Å². The molecule has 4 heteroatoms. The van der Waals surface area contributed by atoms with Crippen molar-refractivity contribution in [3.05, 3.63) is 23.5 Å². The van der Waals surface area contributed by atoms with Crippen molar-refractivity contribution in [2.45, 2.75) is 57.3 Å². The number of methoxy groups -OCH3 is 1. The van der Waals surface area contributed by atoms with E-state index in [-0.39, 0.29) is 0 Å². The fourth-order valence-corrected chi connectivity index (χ4v) is 3.66. The average molecular weight is 261 g/mol. The lowest BCUT2D eigenvalue weighted by atomic mass is 9.98. The van der Waals surface area contributed by atoms with E-state index in [0.29, 0.717) is 18.1 Å². The van der Waals surface area contributed by atoms with Crippen LogP contribution in [0, 0.1) is 6.92 Å². The van der Waals surface area contributed by atoms with E-state index in [1.54, 1.807) is 7.11 Å². The van der Waals surface area contributed by atoms with Gasteiger partial charge in [0.1, 0.15) is 5.75 Å². The Bertz CT molecular complexity index is 449. The second-order valence-electron chi connectivity index (χ2n) is 5.93. The Hall–Kier alpha value is -1.13. The number of nitrogens with zero attached hydrogens (tertiary/aromatic N) is 2. The van der Waals surface area contributed by atoms with E-state index in [1.807, 2.05) is 13.0 Å². The van der Waals surface area contributed by atoms with Crippen molar-refractivity contribution in [1.82, 2.24) is 9.88 Å². The van der Waals surface area contributed by atoms with Crippen molar-refractivity contribution >= 4 is 0 Å². The van der Waals surface area contributed by atoms with Gasteiger partial charge in [-0.05, 0) is 32.6 Å². The van der Waals surface area contributed by atoms with Crippen LogP contribution in [0.2, 0.25) is 0 Å². The maximum Gasteiger partial charge on any atom is 0.122 e. The molecule has 4 nitrogen and oxygen atoms in total. The lowest BCUT2D eigenvalue weighted by Gasteiger charge is -2.37. The SMILES string of the molecule is COc1cc(C)nc(CN2C3CCC2CC(N)C3)c1. The smallest absolute Gasteiger partial charge is 0.122 e. The Morgan fingerprint density at radius 2 is 2.00 bits per heavy atom. The maximum atomic E-state index is 6.12. The van der Waals surface area contributed by atoms with Crippen LogP contribution in [0.1, 0.15) is 37.1 Å². The number of piperidine rings is 1. The molecule has 0 aliphatic carbocycles. The van der Waals surface area contributed by atoms with Gasteiger partial charge in [0.05, 0.1) is 12.8 Å². The third-order valence-electron chi connectivity index (χ3n) is 4.48. The molecule has 0 saturated carbocycles. The van der Waals surface area contributed by atoms with Crippen molar-refractivity contribution in [3.63, 3.8) is 0 Å². The molecule has 2 N–H and O–H groups in total. The summed E-state index contributed by atoms with van der Waals surface area (Å²) in [5, 5.41) is 0. The first kappa shape index (κ1) is 12.9.